The van der Waals surface area contributed by atoms with Gasteiger partial charge in [0.05, 0.1) is 18.5 Å². The van der Waals surface area contributed by atoms with E-state index in [1.54, 1.807) is 0 Å². The molecule has 1 atom stereocenters. The zero-order chi connectivity index (χ0) is 7.56. The van der Waals surface area contributed by atoms with Gasteiger partial charge in [0.2, 0.25) is 0 Å². The zero-order valence-electron chi connectivity index (χ0n) is 5.17. The molecular formula is C5H7ClF2N2. The van der Waals surface area contributed by atoms with E-state index in [0.717, 1.165) is 0 Å². The number of nitrogens with zero attached hydrogens (tertiary/aromatic N) is 2. The van der Waals surface area contributed by atoms with Crippen molar-refractivity contribution in [1.82, 2.24) is 5.01 Å². The highest BCUT2D eigenvalue weighted by molar-refractivity contribution is 6.28. The Hall–Kier alpha value is -0.380. The van der Waals surface area contributed by atoms with Crippen LogP contribution in [-0.2, 0) is 0 Å². The van der Waals surface area contributed by atoms with Crippen LogP contribution in [0.3, 0.4) is 0 Å². The number of rotatable bonds is 2. The molecule has 0 aliphatic carbocycles. The van der Waals surface area contributed by atoms with Gasteiger partial charge in [-0.3, -0.25) is 5.01 Å². The van der Waals surface area contributed by atoms with Crippen molar-refractivity contribution in [3.8, 4) is 0 Å². The number of halogens is 3. The van der Waals surface area contributed by atoms with Crippen molar-refractivity contribution in [2.75, 3.05) is 13.1 Å². The number of hydrogen-bond donors (Lipinski definition) is 0. The topological polar surface area (TPSA) is 15.6 Å². The molecule has 5 heteroatoms. The summed E-state index contributed by atoms with van der Waals surface area (Å²) in [6, 6.07) is 0. The van der Waals surface area contributed by atoms with Gasteiger partial charge in [-0.05, 0) is 0 Å². The Kier molecular flexibility index (Phi) is 2.43. The van der Waals surface area contributed by atoms with Crippen LogP contribution in [-0.4, -0.2) is 36.1 Å². The van der Waals surface area contributed by atoms with Crippen LogP contribution >= 0.6 is 11.6 Å². The fraction of sp³-hybridized carbons (Fsp3) is 0.800. The van der Waals surface area contributed by atoms with Crippen LogP contribution in [0, 0.1) is 0 Å². The number of hydrogen-bond acceptors (Lipinski definition) is 2. The summed E-state index contributed by atoms with van der Waals surface area (Å²) in [6.45, 7) is 0.0750. The molecule has 0 aromatic heterocycles. The lowest BCUT2D eigenvalue weighted by Crippen LogP contribution is -2.24. The second-order valence-corrected chi connectivity index (χ2v) is 2.60. The maximum absolute atomic E-state index is 11.7. The summed E-state index contributed by atoms with van der Waals surface area (Å²) >= 11 is 5.55. The largest absolute Gasteiger partial charge is 0.290 e. The number of hydrazone groups is 1. The lowest BCUT2D eigenvalue weighted by Gasteiger charge is -2.12. The van der Waals surface area contributed by atoms with Gasteiger partial charge in [0, 0.05) is 6.21 Å². The molecule has 1 unspecified atom stereocenters. The first kappa shape index (κ1) is 7.72. The van der Waals surface area contributed by atoms with Crippen LogP contribution in [0.4, 0.5) is 8.78 Å². The summed E-state index contributed by atoms with van der Waals surface area (Å²) in [6.07, 6.45) is -0.872. The third-order valence-corrected chi connectivity index (χ3v) is 1.38. The molecule has 0 N–H and O–H groups in total. The Morgan fingerprint density at radius 3 is 2.90 bits per heavy atom. The minimum absolute atomic E-state index is 0.209. The van der Waals surface area contributed by atoms with Crippen molar-refractivity contribution in [1.29, 1.82) is 0 Å². The second kappa shape index (κ2) is 3.14. The highest BCUT2D eigenvalue weighted by Gasteiger charge is 2.17. The lowest BCUT2D eigenvalue weighted by atomic mass is 10.4. The quantitative estimate of drug-likeness (QED) is 0.565. The fourth-order valence-corrected chi connectivity index (χ4v) is 0.953. The van der Waals surface area contributed by atoms with Crippen molar-refractivity contribution >= 4 is 17.8 Å². The molecule has 0 radical (unpaired) electrons. The molecule has 0 aromatic rings. The van der Waals surface area contributed by atoms with E-state index in [0.29, 0.717) is 6.54 Å². The molecule has 2 nitrogen and oxygen atoms in total. The summed E-state index contributed by atoms with van der Waals surface area (Å²) in [7, 11) is 0. The van der Waals surface area contributed by atoms with Crippen molar-refractivity contribution < 1.29 is 8.78 Å². The summed E-state index contributed by atoms with van der Waals surface area (Å²) in [5.41, 5.74) is 0. The maximum Gasteiger partial charge on any atom is 0.257 e. The fourth-order valence-electron chi connectivity index (χ4n) is 0.743. The molecule has 1 aliphatic heterocycles. The molecule has 58 valence electrons. The first-order chi connectivity index (χ1) is 4.68. The third kappa shape index (κ3) is 2.10. The van der Waals surface area contributed by atoms with E-state index in [1.165, 1.54) is 11.2 Å². The van der Waals surface area contributed by atoms with Crippen molar-refractivity contribution in [3.63, 3.8) is 0 Å². The van der Waals surface area contributed by atoms with Gasteiger partial charge in [-0.2, -0.15) is 5.10 Å². The van der Waals surface area contributed by atoms with Crippen LogP contribution in [0.2, 0.25) is 0 Å². The van der Waals surface area contributed by atoms with Gasteiger partial charge in [0.25, 0.3) is 6.43 Å². The number of alkyl halides is 3. The van der Waals surface area contributed by atoms with Crippen LogP contribution in [0.25, 0.3) is 0 Å². The molecule has 0 fully saturated rings. The predicted octanol–water partition coefficient (Wildman–Crippen LogP) is 1.16. The van der Waals surface area contributed by atoms with Gasteiger partial charge in [0.1, 0.15) is 0 Å². The van der Waals surface area contributed by atoms with Gasteiger partial charge in [-0.1, -0.05) is 0 Å². The summed E-state index contributed by atoms with van der Waals surface area (Å²) < 4.78 is 23.3. The van der Waals surface area contributed by atoms with E-state index >= 15 is 0 Å². The van der Waals surface area contributed by atoms with Crippen molar-refractivity contribution in [2.45, 2.75) is 11.8 Å². The SMILES string of the molecule is FC(F)CN1CC(Cl)C=N1. The van der Waals surface area contributed by atoms with Crippen LogP contribution in [0.5, 0.6) is 0 Å². The first-order valence-corrected chi connectivity index (χ1v) is 3.33. The highest BCUT2D eigenvalue weighted by Crippen LogP contribution is 2.08. The van der Waals surface area contributed by atoms with Gasteiger partial charge in [-0.15, -0.1) is 11.6 Å². The zero-order valence-corrected chi connectivity index (χ0v) is 5.93. The maximum atomic E-state index is 11.7. The van der Waals surface area contributed by atoms with Gasteiger partial charge >= 0.3 is 0 Å². The van der Waals surface area contributed by atoms with Gasteiger partial charge in [0.15, 0.2) is 0 Å². The normalized spacial score (nSPS) is 24.8. The molecule has 1 aliphatic rings. The average Bonchev–Trinajstić information content (AvgIpc) is 2.13. The highest BCUT2D eigenvalue weighted by atomic mass is 35.5. The van der Waals surface area contributed by atoms with E-state index in [9.17, 15) is 8.78 Å². The Morgan fingerprint density at radius 1 is 1.80 bits per heavy atom. The average molecular weight is 169 g/mol. The van der Waals surface area contributed by atoms with E-state index in [2.05, 4.69) is 5.10 Å². The Bertz CT molecular complexity index is 140. The molecule has 1 rings (SSSR count). The van der Waals surface area contributed by atoms with Crippen molar-refractivity contribution in [2.24, 2.45) is 5.10 Å². The smallest absolute Gasteiger partial charge is 0.257 e. The standard InChI is InChI=1S/C5H7ClF2N2/c6-4-1-9-10(2-4)3-5(7)8/h1,4-5H,2-3H2. The summed E-state index contributed by atoms with van der Waals surface area (Å²) in [5.74, 6) is 0. The van der Waals surface area contributed by atoms with Crippen molar-refractivity contribution in [3.05, 3.63) is 0 Å². The Labute approximate surface area is 62.5 Å². The predicted molar refractivity (Wildman–Crippen MR) is 35.7 cm³/mol. The minimum atomic E-state index is -2.33. The van der Waals surface area contributed by atoms with E-state index in [4.69, 9.17) is 11.6 Å². The van der Waals surface area contributed by atoms with Crippen LogP contribution < -0.4 is 0 Å². The summed E-state index contributed by atoms with van der Waals surface area (Å²) in [4.78, 5) is 0. The molecule has 0 spiro atoms. The molecule has 1 heterocycles. The lowest BCUT2D eigenvalue weighted by molar-refractivity contribution is 0.0956. The van der Waals surface area contributed by atoms with Gasteiger partial charge in [-0.25, -0.2) is 8.78 Å². The van der Waals surface area contributed by atoms with E-state index < -0.39 is 6.43 Å². The molecule has 0 aromatic carbocycles. The van der Waals surface area contributed by atoms with Crippen LogP contribution in [0.1, 0.15) is 0 Å². The molecule has 0 amide bonds. The minimum Gasteiger partial charge on any atom is -0.290 e. The van der Waals surface area contributed by atoms with E-state index in [1.807, 2.05) is 0 Å². The van der Waals surface area contributed by atoms with E-state index in [-0.39, 0.29) is 11.9 Å². The monoisotopic (exact) mass is 168 g/mol. The molecule has 0 saturated heterocycles. The molecule has 0 saturated carbocycles. The van der Waals surface area contributed by atoms with Gasteiger partial charge < -0.3 is 0 Å². The Morgan fingerprint density at radius 2 is 2.50 bits per heavy atom. The second-order valence-electron chi connectivity index (χ2n) is 2.04. The van der Waals surface area contributed by atoms with Crippen LogP contribution in [0.15, 0.2) is 5.10 Å². The Balaban J connectivity index is 2.26. The molecular weight excluding hydrogens is 162 g/mol. The first-order valence-electron chi connectivity index (χ1n) is 2.90. The molecule has 10 heavy (non-hydrogen) atoms. The third-order valence-electron chi connectivity index (χ3n) is 1.13. The summed E-state index contributed by atoms with van der Waals surface area (Å²) in [5, 5.41) is 4.71. The molecule has 0 bridgehead atoms.